The largest absolute Gasteiger partial charge is 0.481 e. The lowest BCUT2D eigenvalue weighted by Crippen LogP contribution is -2.15. The summed E-state index contributed by atoms with van der Waals surface area (Å²) in [4.78, 5) is 25.3. The van der Waals surface area contributed by atoms with Crippen LogP contribution in [0.15, 0.2) is 12.4 Å². The molecule has 0 unspecified atom stereocenters. The highest BCUT2D eigenvalue weighted by atomic mass is 16.4. The number of carbonyl (C=O) groups is 2. The van der Waals surface area contributed by atoms with Gasteiger partial charge in [0.2, 0.25) is 0 Å². The van der Waals surface area contributed by atoms with Crippen LogP contribution in [0.5, 0.6) is 0 Å². The monoisotopic (exact) mass is 226 g/mol. The number of aromatic nitrogens is 2. The van der Waals surface area contributed by atoms with Crippen LogP contribution in [0.2, 0.25) is 0 Å². The van der Waals surface area contributed by atoms with Gasteiger partial charge in [-0.05, 0) is 6.92 Å². The molecular weight excluding hydrogens is 212 g/mol. The van der Waals surface area contributed by atoms with Gasteiger partial charge in [-0.3, -0.25) is 9.59 Å². The molecule has 6 nitrogen and oxygen atoms in total. The molecule has 88 valence electrons. The number of nitrogens with zero attached hydrogens (tertiary/aromatic N) is 2. The lowest BCUT2D eigenvalue weighted by molar-refractivity contribution is -0.139. The zero-order chi connectivity index (χ0) is 12.1. The summed E-state index contributed by atoms with van der Waals surface area (Å²) in [6.45, 7) is 2.54. The predicted octanol–water partition coefficient (Wildman–Crippen LogP) is 0.936. The lowest BCUT2D eigenvalue weighted by Gasteiger charge is -2.13. The molecule has 0 saturated heterocycles. The van der Waals surface area contributed by atoms with Crippen molar-refractivity contribution in [3.8, 4) is 0 Å². The number of imidazole rings is 1. The minimum atomic E-state index is -1.02. The summed E-state index contributed by atoms with van der Waals surface area (Å²) in [6, 6.07) is 0. The second-order valence-corrected chi connectivity index (χ2v) is 3.46. The van der Waals surface area contributed by atoms with Crippen LogP contribution < -0.4 is 0 Å². The van der Waals surface area contributed by atoms with Crippen LogP contribution in [-0.4, -0.2) is 31.7 Å². The van der Waals surface area contributed by atoms with Crippen LogP contribution in [0.4, 0.5) is 0 Å². The molecule has 6 heteroatoms. The van der Waals surface area contributed by atoms with Crippen molar-refractivity contribution in [3.63, 3.8) is 0 Å². The van der Waals surface area contributed by atoms with E-state index in [1.807, 2.05) is 6.92 Å². The number of hydrogen-bond acceptors (Lipinski definition) is 3. The smallest absolute Gasteiger partial charge is 0.304 e. The third kappa shape index (κ3) is 3.08. The maximum atomic E-state index is 10.7. The predicted molar refractivity (Wildman–Crippen MR) is 55.1 cm³/mol. The normalized spacial score (nSPS) is 10.6. The first-order valence-electron chi connectivity index (χ1n) is 4.99. The molecule has 0 bridgehead atoms. The van der Waals surface area contributed by atoms with Gasteiger partial charge in [0.15, 0.2) is 0 Å². The summed E-state index contributed by atoms with van der Waals surface area (Å²) in [5.74, 6) is -2.09. The topological polar surface area (TPSA) is 92.4 Å². The Morgan fingerprint density at radius 1 is 1.38 bits per heavy atom. The highest BCUT2D eigenvalue weighted by Gasteiger charge is 2.22. The maximum absolute atomic E-state index is 10.7. The van der Waals surface area contributed by atoms with Crippen molar-refractivity contribution >= 4 is 11.9 Å². The van der Waals surface area contributed by atoms with Crippen LogP contribution in [0.25, 0.3) is 0 Å². The van der Waals surface area contributed by atoms with E-state index in [4.69, 9.17) is 10.2 Å². The third-order valence-electron chi connectivity index (χ3n) is 2.30. The summed E-state index contributed by atoms with van der Waals surface area (Å²) in [5, 5.41) is 17.5. The fraction of sp³-hybridized carbons (Fsp3) is 0.500. The van der Waals surface area contributed by atoms with E-state index in [1.165, 1.54) is 0 Å². The number of carboxylic acids is 2. The fourth-order valence-corrected chi connectivity index (χ4v) is 1.62. The first-order valence-corrected chi connectivity index (χ1v) is 4.99. The number of rotatable bonds is 6. The van der Waals surface area contributed by atoms with Crippen LogP contribution in [0, 0.1) is 0 Å². The molecule has 0 spiro atoms. The summed E-state index contributed by atoms with van der Waals surface area (Å²) in [5.41, 5.74) is 0. The lowest BCUT2D eigenvalue weighted by atomic mass is 10.0. The molecule has 0 saturated carbocycles. The average Bonchev–Trinajstić information content (AvgIpc) is 2.62. The second kappa shape index (κ2) is 5.29. The van der Waals surface area contributed by atoms with Crippen molar-refractivity contribution in [1.82, 2.24) is 9.55 Å². The molecule has 1 aromatic rings. The molecule has 0 fully saturated rings. The molecule has 1 rings (SSSR count). The van der Waals surface area contributed by atoms with Crippen molar-refractivity contribution in [1.29, 1.82) is 0 Å². The van der Waals surface area contributed by atoms with E-state index in [9.17, 15) is 9.59 Å². The average molecular weight is 226 g/mol. The zero-order valence-electron chi connectivity index (χ0n) is 8.96. The first-order chi connectivity index (χ1) is 7.54. The van der Waals surface area contributed by atoms with Gasteiger partial charge >= 0.3 is 11.9 Å². The molecule has 0 aliphatic rings. The van der Waals surface area contributed by atoms with Gasteiger partial charge in [0.1, 0.15) is 5.82 Å². The van der Waals surface area contributed by atoms with Gasteiger partial charge in [0.05, 0.1) is 12.8 Å². The van der Waals surface area contributed by atoms with E-state index in [0.717, 1.165) is 0 Å². The Balaban J connectivity index is 2.90. The highest BCUT2D eigenvalue weighted by Crippen LogP contribution is 2.22. The molecule has 2 N–H and O–H groups in total. The van der Waals surface area contributed by atoms with Crippen LogP contribution in [-0.2, 0) is 16.1 Å². The molecule has 0 amide bonds. The van der Waals surface area contributed by atoms with E-state index < -0.39 is 17.9 Å². The van der Waals surface area contributed by atoms with Gasteiger partial charge in [-0.2, -0.15) is 0 Å². The Morgan fingerprint density at radius 3 is 2.38 bits per heavy atom. The second-order valence-electron chi connectivity index (χ2n) is 3.46. The van der Waals surface area contributed by atoms with Crippen molar-refractivity contribution in [2.45, 2.75) is 32.2 Å². The van der Waals surface area contributed by atoms with Crippen LogP contribution in [0.3, 0.4) is 0 Å². The Bertz CT molecular complexity index is 370. The highest BCUT2D eigenvalue weighted by molar-refractivity contribution is 5.72. The Hall–Kier alpha value is -1.85. The van der Waals surface area contributed by atoms with Gasteiger partial charge in [0.25, 0.3) is 0 Å². The Labute approximate surface area is 92.5 Å². The molecule has 0 aliphatic carbocycles. The van der Waals surface area contributed by atoms with E-state index in [1.54, 1.807) is 17.0 Å². The maximum Gasteiger partial charge on any atom is 0.304 e. The van der Waals surface area contributed by atoms with Gasteiger partial charge in [0, 0.05) is 24.9 Å². The number of carboxylic acid groups (broad SMARTS) is 2. The molecule has 0 aromatic carbocycles. The molecule has 16 heavy (non-hydrogen) atoms. The molecule has 1 aromatic heterocycles. The quantitative estimate of drug-likeness (QED) is 0.752. The standard InChI is InChI=1S/C10H14N2O4/c1-2-12-4-3-11-10(12)7(5-8(13)14)6-9(15)16/h3-4,7H,2,5-6H2,1H3,(H,13,14)(H,15,16). The fourth-order valence-electron chi connectivity index (χ4n) is 1.62. The third-order valence-corrected chi connectivity index (χ3v) is 2.30. The number of hydrogen-bond donors (Lipinski definition) is 2. The molecule has 0 atom stereocenters. The zero-order valence-corrected chi connectivity index (χ0v) is 8.96. The molecule has 0 aliphatic heterocycles. The van der Waals surface area contributed by atoms with Gasteiger partial charge in [-0.25, -0.2) is 4.98 Å². The van der Waals surface area contributed by atoms with Crippen molar-refractivity contribution in [2.24, 2.45) is 0 Å². The van der Waals surface area contributed by atoms with E-state index in [0.29, 0.717) is 12.4 Å². The van der Waals surface area contributed by atoms with Crippen molar-refractivity contribution < 1.29 is 19.8 Å². The minimum Gasteiger partial charge on any atom is -0.481 e. The molecule has 0 radical (unpaired) electrons. The molecular formula is C10H14N2O4. The van der Waals surface area contributed by atoms with Crippen molar-refractivity contribution in [2.75, 3.05) is 0 Å². The van der Waals surface area contributed by atoms with E-state index in [-0.39, 0.29) is 12.8 Å². The Morgan fingerprint density at radius 2 is 1.94 bits per heavy atom. The van der Waals surface area contributed by atoms with E-state index >= 15 is 0 Å². The summed E-state index contributed by atoms with van der Waals surface area (Å²) in [6.07, 6.45) is 2.83. The van der Waals surface area contributed by atoms with Gasteiger partial charge in [-0.1, -0.05) is 0 Å². The molecule has 1 heterocycles. The minimum absolute atomic E-state index is 0.219. The van der Waals surface area contributed by atoms with Gasteiger partial charge < -0.3 is 14.8 Å². The first kappa shape index (κ1) is 12.2. The van der Waals surface area contributed by atoms with Crippen molar-refractivity contribution in [3.05, 3.63) is 18.2 Å². The van der Waals surface area contributed by atoms with Crippen LogP contribution in [0.1, 0.15) is 31.5 Å². The van der Waals surface area contributed by atoms with E-state index in [2.05, 4.69) is 4.98 Å². The van der Waals surface area contributed by atoms with Gasteiger partial charge in [-0.15, -0.1) is 0 Å². The Kier molecular flexibility index (Phi) is 4.04. The van der Waals surface area contributed by atoms with Crippen LogP contribution >= 0.6 is 0 Å². The number of aryl methyl sites for hydroxylation is 1. The SMILES string of the molecule is CCn1ccnc1C(CC(=O)O)CC(=O)O. The summed E-state index contributed by atoms with van der Waals surface area (Å²) in [7, 11) is 0. The summed E-state index contributed by atoms with van der Waals surface area (Å²) >= 11 is 0. The summed E-state index contributed by atoms with van der Waals surface area (Å²) < 4.78 is 1.76. The number of aliphatic carboxylic acids is 2.